The van der Waals surface area contributed by atoms with Crippen LogP contribution in [-0.4, -0.2) is 41.3 Å². The first-order chi connectivity index (χ1) is 15.9. The smallest absolute Gasteiger partial charge is 0.330 e. The summed E-state index contributed by atoms with van der Waals surface area (Å²) in [5.41, 5.74) is 7.23. The topological polar surface area (TPSA) is 136 Å². The van der Waals surface area contributed by atoms with Gasteiger partial charge in [0.15, 0.2) is 0 Å². The second kappa shape index (κ2) is 11.1. The van der Waals surface area contributed by atoms with Gasteiger partial charge in [0.2, 0.25) is 0 Å². The number of nitrogens with one attached hydrogen (secondary N) is 1. The van der Waals surface area contributed by atoms with Crippen LogP contribution in [0.5, 0.6) is 0 Å². The Kier molecular flexibility index (Phi) is 7.98. The number of hydrogen-bond donors (Lipinski definition) is 2. The number of hydrogen-bond acceptors (Lipinski definition) is 7. The number of benzene rings is 2. The van der Waals surface area contributed by atoms with E-state index >= 15 is 0 Å². The number of nitro benzene ring substituents is 1. The Morgan fingerprint density at radius 2 is 1.76 bits per heavy atom. The van der Waals surface area contributed by atoms with Gasteiger partial charge in [-0.1, -0.05) is 42.5 Å². The highest BCUT2D eigenvalue weighted by Crippen LogP contribution is 2.19. The van der Waals surface area contributed by atoms with Gasteiger partial charge in [-0.15, -0.1) is 0 Å². The molecule has 3 aromatic rings. The summed E-state index contributed by atoms with van der Waals surface area (Å²) in [5.74, 6) is 0.0914. The van der Waals surface area contributed by atoms with Crippen LogP contribution in [0, 0.1) is 10.1 Å². The summed E-state index contributed by atoms with van der Waals surface area (Å²) < 4.78 is 6.49. The number of nitrogens with two attached hydrogens (primary N) is 1. The number of non-ortho nitro benzene ring substituents is 1. The van der Waals surface area contributed by atoms with Crippen LogP contribution in [-0.2, 0) is 17.7 Å². The van der Waals surface area contributed by atoms with Crippen LogP contribution >= 0.6 is 0 Å². The zero-order chi connectivity index (χ0) is 23.8. The lowest BCUT2D eigenvalue weighted by Gasteiger charge is -2.26. The van der Waals surface area contributed by atoms with Crippen molar-refractivity contribution >= 4 is 17.2 Å². The number of anilines is 2. The number of nitrogen functional groups attached to an aromatic ring is 1. The molecule has 10 heteroatoms. The van der Waals surface area contributed by atoms with E-state index in [1.54, 1.807) is 19.2 Å². The molecule has 10 nitrogen and oxygen atoms in total. The van der Waals surface area contributed by atoms with E-state index in [2.05, 4.69) is 4.98 Å². The number of nitrogens with zero attached hydrogens (tertiary/aromatic N) is 3. The van der Waals surface area contributed by atoms with Crippen molar-refractivity contribution in [1.82, 2.24) is 9.55 Å². The number of methoxy groups -OCH3 is 1. The summed E-state index contributed by atoms with van der Waals surface area (Å²) in [6.07, 6.45) is 1.18. The van der Waals surface area contributed by atoms with Crippen molar-refractivity contribution in [2.45, 2.75) is 19.4 Å². The molecule has 0 aliphatic heterocycles. The van der Waals surface area contributed by atoms with Gasteiger partial charge in [-0.3, -0.25) is 24.5 Å². The fourth-order valence-corrected chi connectivity index (χ4v) is 3.59. The predicted octanol–water partition coefficient (Wildman–Crippen LogP) is 2.16. The van der Waals surface area contributed by atoms with Gasteiger partial charge in [0.25, 0.3) is 11.2 Å². The van der Waals surface area contributed by atoms with E-state index in [-0.39, 0.29) is 23.7 Å². The molecule has 3 N–H and O–H groups in total. The Morgan fingerprint density at radius 3 is 2.39 bits per heavy atom. The van der Waals surface area contributed by atoms with Gasteiger partial charge < -0.3 is 15.4 Å². The molecule has 0 atom stereocenters. The summed E-state index contributed by atoms with van der Waals surface area (Å²) in [6, 6.07) is 15.6. The minimum Gasteiger partial charge on any atom is -0.385 e. The average molecular weight is 453 g/mol. The van der Waals surface area contributed by atoms with E-state index < -0.39 is 16.2 Å². The first-order valence-electron chi connectivity index (χ1n) is 10.5. The van der Waals surface area contributed by atoms with Gasteiger partial charge in [-0.2, -0.15) is 0 Å². The van der Waals surface area contributed by atoms with Gasteiger partial charge in [-0.05, 0) is 24.0 Å². The molecule has 0 saturated carbocycles. The summed E-state index contributed by atoms with van der Waals surface area (Å²) in [6.45, 7) is 1.63. The summed E-state index contributed by atoms with van der Waals surface area (Å²) in [7, 11) is 1.60. The van der Waals surface area contributed by atoms with Crippen LogP contribution in [0.4, 0.5) is 17.2 Å². The maximum atomic E-state index is 12.8. The second-order valence-electron chi connectivity index (χ2n) is 7.57. The standard InChI is InChI=1S/C23H27N5O5/c1-33-15-5-13-26(14-12-17-8-10-19(11-9-17)28(31)32)20-21(24)27(23(30)25-22(20)29)16-18-6-3-2-4-7-18/h2-4,6-11H,5,12-16,24H2,1H3,(H,25,29,30). The molecule has 0 amide bonds. The fraction of sp³-hybridized carbons (Fsp3) is 0.304. The van der Waals surface area contributed by atoms with Crippen molar-refractivity contribution in [3.8, 4) is 0 Å². The number of aromatic nitrogens is 2. The van der Waals surface area contributed by atoms with Crippen LogP contribution in [0.2, 0.25) is 0 Å². The molecule has 0 aliphatic carbocycles. The number of H-pyrrole nitrogens is 1. The lowest BCUT2D eigenvalue weighted by atomic mass is 10.1. The van der Waals surface area contributed by atoms with Crippen molar-refractivity contribution in [2.24, 2.45) is 0 Å². The molecule has 1 aromatic heterocycles. The van der Waals surface area contributed by atoms with Gasteiger partial charge in [-0.25, -0.2) is 4.79 Å². The van der Waals surface area contributed by atoms with E-state index in [1.165, 1.54) is 16.7 Å². The number of ether oxygens (including phenoxy) is 1. The average Bonchev–Trinajstić information content (AvgIpc) is 2.80. The fourth-order valence-electron chi connectivity index (χ4n) is 3.59. The Bertz CT molecular complexity index is 1190. The van der Waals surface area contributed by atoms with Crippen LogP contribution in [0.25, 0.3) is 0 Å². The molecule has 3 rings (SSSR count). The maximum absolute atomic E-state index is 12.8. The Labute approximate surface area is 190 Å². The quantitative estimate of drug-likeness (QED) is 0.258. The normalized spacial score (nSPS) is 10.8. The second-order valence-corrected chi connectivity index (χ2v) is 7.57. The Balaban J connectivity index is 1.90. The molecule has 0 spiro atoms. The highest BCUT2D eigenvalue weighted by Gasteiger charge is 2.19. The molecule has 174 valence electrons. The third-order valence-electron chi connectivity index (χ3n) is 5.31. The van der Waals surface area contributed by atoms with Crippen molar-refractivity contribution in [2.75, 3.05) is 37.4 Å². The van der Waals surface area contributed by atoms with Crippen molar-refractivity contribution in [3.63, 3.8) is 0 Å². The van der Waals surface area contributed by atoms with Gasteiger partial charge in [0.1, 0.15) is 11.5 Å². The lowest BCUT2D eigenvalue weighted by molar-refractivity contribution is -0.384. The zero-order valence-electron chi connectivity index (χ0n) is 18.4. The molecule has 0 fully saturated rings. The highest BCUT2D eigenvalue weighted by molar-refractivity contribution is 5.62. The predicted molar refractivity (Wildman–Crippen MR) is 127 cm³/mol. The maximum Gasteiger partial charge on any atom is 0.330 e. The SMILES string of the molecule is COCCCN(CCc1ccc([N+](=O)[O-])cc1)c1c(N)n(Cc2ccccc2)c(=O)[nH]c1=O. The molecular weight excluding hydrogens is 426 g/mol. The van der Waals surface area contributed by atoms with Gasteiger partial charge in [0.05, 0.1) is 11.5 Å². The first kappa shape index (κ1) is 23.7. The summed E-state index contributed by atoms with van der Waals surface area (Å²) >= 11 is 0. The van der Waals surface area contributed by atoms with Crippen LogP contribution in [0.1, 0.15) is 17.5 Å². The van der Waals surface area contributed by atoms with Crippen LogP contribution in [0.3, 0.4) is 0 Å². The minimum absolute atomic E-state index is 0.0179. The molecule has 33 heavy (non-hydrogen) atoms. The summed E-state index contributed by atoms with van der Waals surface area (Å²) in [4.78, 5) is 39.9. The highest BCUT2D eigenvalue weighted by atomic mass is 16.6. The zero-order valence-corrected chi connectivity index (χ0v) is 18.4. The van der Waals surface area contributed by atoms with E-state index in [4.69, 9.17) is 10.5 Å². The summed E-state index contributed by atoms with van der Waals surface area (Å²) in [5, 5.41) is 10.9. The molecule has 0 radical (unpaired) electrons. The van der Waals surface area contributed by atoms with Crippen molar-refractivity contribution < 1.29 is 9.66 Å². The van der Waals surface area contributed by atoms with Crippen LogP contribution < -0.4 is 21.9 Å². The van der Waals surface area contributed by atoms with Gasteiger partial charge in [0, 0.05) is 38.9 Å². The first-order valence-corrected chi connectivity index (χ1v) is 10.5. The lowest BCUT2D eigenvalue weighted by Crippen LogP contribution is -2.40. The monoisotopic (exact) mass is 453 g/mol. The van der Waals surface area contributed by atoms with E-state index in [0.29, 0.717) is 32.5 Å². The Hall–Kier alpha value is -3.92. The van der Waals surface area contributed by atoms with E-state index in [0.717, 1.165) is 11.1 Å². The van der Waals surface area contributed by atoms with Crippen LogP contribution in [0.15, 0.2) is 64.2 Å². The minimum atomic E-state index is -0.572. The molecule has 0 aliphatic rings. The van der Waals surface area contributed by atoms with Crippen molar-refractivity contribution in [1.29, 1.82) is 0 Å². The molecule has 1 heterocycles. The molecule has 0 unspecified atom stereocenters. The largest absolute Gasteiger partial charge is 0.385 e. The number of aromatic amines is 1. The van der Waals surface area contributed by atoms with Crippen molar-refractivity contribution in [3.05, 3.63) is 96.7 Å². The molecule has 0 saturated heterocycles. The van der Waals surface area contributed by atoms with E-state index in [1.807, 2.05) is 35.2 Å². The molecule has 0 bridgehead atoms. The number of nitro groups is 1. The molecule has 2 aromatic carbocycles. The number of rotatable bonds is 11. The third kappa shape index (κ3) is 6.07. The molecular formula is C23H27N5O5. The Morgan fingerprint density at radius 1 is 1.06 bits per heavy atom. The third-order valence-corrected chi connectivity index (χ3v) is 5.31. The van der Waals surface area contributed by atoms with E-state index in [9.17, 15) is 19.7 Å². The van der Waals surface area contributed by atoms with Gasteiger partial charge >= 0.3 is 5.69 Å².